The van der Waals surface area contributed by atoms with Crippen molar-refractivity contribution in [2.24, 2.45) is 5.92 Å². The van der Waals surface area contributed by atoms with Gasteiger partial charge in [-0.15, -0.1) is 0 Å². The van der Waals surface area contributed by atoms with Gasteiger partial charge in [0.1, 0.15) is 0 Å². The number of amides is 1. The Balaban J connectivity index is 1.76. The molecule has 2 fully saturated rings. The summed E-state index contributed by atoms with van der Waals surface area (Å²) in [5.74, 6) is 0.593. The Kier molecular flexibility index (Phi) is 4.36. The Bertz CT molecular complexity index is 440. The number of carbonyl (C=O) groups excluding carboxylic acids is 1. The van der Waals surface area contributed by atoms with E-state index in [1.54, 1.807) is 0 Å². The second-order valence-electron chi connectivity index (χ2n) is 5.87. The van der Waals surface area contributed by atoms with Crippen molar-refractivity contribution < 1.29 is 9.53 Å². The van der Waals surface area contributed by atoms with E-state index in [1.807, 2.05) is 18.2 Å². The van der Waals surface area contributed by atoms with Gasteiger partial charge in [0.25, 0.3) is 0 Å². The van der Waals surface area contributed by atoms with Crippen LogP contribution in [-0.4, -0.2) is 30.6 Å². The maximum Gasteiger partial charge on any atom is 0.226 e. The van der Waals surface area contributed by atoms with E-state index in [9.17, 15) is 4.79 Å². The summed E-state index contributed by atoms with van der Waals surface area (Å²) in [6, 6.07) is 10.4. The summed E-state index contributed by atoms with van der Waals surface area (Å²) in [6.45, 7) is 2.03. The molecule has 1 aliphatic carbocycles. The Morgan fingerprint density at radius 3 is 2.60 bits per heavy atom. The minimum Gasteiger partial charge on any atom is -0.377 e. The third-order valence-electron chi connectivity index (χ3n) is 4.55. The van der Waals surface area contributed by atoms with Crippen LogP contribution in [0.3, 0.4) is 0 Å². The molecule has 20 heavy (non-hydrogen) atoms. The fourth-order valence-electron chi connectivity index (χ4n) is 3.40. The number of hydrogen-bond acceptors (Lipinski definition) is 2. The molecular weight excluding hydrogens is 250 g/mol. The summed E-state index contributed by atoms with van der Waals surface area (Å²) >= 11 is 0. The fraction of sp³-hybridized carbons (Fsp3) is 0.588. The van der Waals surface area contributed by atoms with Crippen LogP contribution in [0.5, 0.6) is 0 Å². The molecule has 0 spiro atoms. The first kappa shape index (κ1) is 13.6. The van der Waals surface area contributed by atoms with Gasteiger partial charge in [-0.1, -0.05) is 49.6 Å². The van der Waals surface area contributed by atoms with Crippen molar-refractivity contribution in [3.63, 3.8) is 0 Å². The standard InChI is InChI=1S/C17H23NO2/c19-17(15-9-5-2-6-10-15)18-11-12-20-13-16(18)14-7-3-1-4-8-14/h1,3-4,7-8,15-16H,2,5-6,9-13H2. The molecule has 3 nitrogen and oxygen atoms in total. The highest BCUT2D eigenvalue weighted by atomic mass is 16.5. The number of nitrogens with zero attached hydrogens (tertiary/aromatic N) is 1. The van der Waals surface area contributed by atoms with Gasteiger partial charge < -0.3 is 9.64 Å². The van der Waals surface area contributed by atoms with Crippen molar-refractivity contribution in [3.8, 4) is 0 Å². The van der Waals surface area contributed by atoms with Crippen molar-refractivity contribution in [1.82, 2.24) is 4.90 Å². The van der Waals surface area contributed by atoms with Crippen LogP contribution in [0.2, 0.25) is 0 Å². The monoisotopic (exact) mass is 273 g/mol. The summed E-state index contributed by atoms with van der Waals surface area (Å²) in [5.41, 5.74) is 1.19. The van der Waals surface area contributed by atoms with Crippen LogP contribution in [0.25, 0.3) is 0 Å². The molecule has 1 saturated carbocycles. The molecule has 3 rings (SSSR count). The van der Waals surface area contributed by atoms with Gasteiger partial charge >= 0.3 is 0 Å². The lowest BCUT2D eigenvalue weighted by molar-refractivity contribution is -0.145. The fourth-order valence-corrected chi connectivity index (χ4v) is 3.40. The molecule has 1 unspecified atom stereocenters. The SMILES string of the molecule is O=C(C1CCCCC1)N1CCOCC1c1ccccc1. The summed E-state index contributed by atoms with van der Waals surface area (Å²) in [7, 11) is 0. The van der Waals surface area contributed by atoms with Crippen LogP contribution in [0.15, 0.2) is 30.3 Å². The van der Waals surface area contributed by atoms with Crippen LogP contribution in [0.1, 0.15) is 43.7 Å². The van der Waals surface area contributed by atoms with Crippen molar-refractivity contribution in [3.05, 3.63) is 35.9 Å². The first-order valence-corrected chi connectivity index (χ1v) is 7.79. The Labute approximate surface area is 120 Å². The molecule has 0 aromatic heterocycles. The number of morpholine rings is 1. The quantitative estimate of drug-likeness (QED) is 0.828. The predicted octanol–water partition coefficient (Wildman–Crippen LogP) is 3.17. The van der Waals surface area contributed by atoms with Gasteiger partial charge in [-0.25, -0.2) is 0 Å². The molecule has 0 bridgehead atoms. The third-order valence-corrected chi connectivity index (χ3v) is 4.55. The van der Waals surface area contributed by atoms with Crippen LogP contribution < -0.4 is 0 Å². The summed E-state index contributed by atoms with van der Waals surface area (Å²) in [4.78, 5) is 14.9. The normalized spacial score (nSPS) is 24.6. The topological polar surface area (TPSA) is 29.5 Å². The second kappa shape index (κ2) is 6.40. The molecule has 1 aliphatic heterocycles. The lowest BCUT2D eigenvalue weighted by Crippen LogP contribution is -2.46. The lowest BCUT2D eigenvalue weighted by atomic mass is 9.87. The largest absolute Gasteiger partial charge is 0.377 e. The van der Waals surface area contributed by atoms with Crippen LogP contribution in [-0.2, 0) is 9.53 Å². The zero-order chi connectivity index (χ0) is 13.8. The molecule has 1 amide bonds. The molecule has 1 saturated heterocycles. The van der Waals surface area contributed by atoms with E-state index in [4.69, 9.17) is 4.74 Å². The zero-order valence-corrected chi connectivity index (χ0v) is 12.0. The van der Waals surface area contributed by atoms with E-state index in [2.05, 4.69) is 17.0 Å². The van der Waals surface area contributed by atoms with Gasteiger partial charge in [0.05, 0.1) is 19.3 Å². The average Bonchev–Trinajstić information content (AvgIpc) is 2.56. The Morgan fingerprint density at radius 2 is 1.85 bits per heavy atom. The van der Waals surface area contributed by atoms with Crippen LogP contribution >= 0.6 is 0 Å². The van der Waals surface area contributed by atoms with Crippen molar-refractivity contribution in [2.45, 2.75) is 38.1 Å². The van der Waals surface area contributed by atoms with Crippen LogP contribution in [0, 0.1) is 5.92 Å². The predicted molar refractivity (Wildman–Crippen MR) is 78.3 cm³/mol. The van der Waals surface area contributed by atoms with Gasteiger partial charge in [-0.05, 0) is 18.4 Å². The van der Waals surface area contributed by atoms with Gasteiger partial charge in [-0.3, -0.25) is 4.79 Å². The van der Waals surface area contributed by atoms with E-state index >= 15 is 0 Å². The maximum atomic E-state index is 12.8. The first-order valence-electron chi connectivity index (χ1n) is 7.79. The third kappa shape index (κ3) is 2.88. The van der Waals surface area contributed by atoms with Gasteiger partial charge in [0, 0.05) is 12.5 Å². The molecule has 1 aromatic carbocycles. The average molecular weight is 273 g/mol. The van der Waals surface area contributed by atoms with E-state index in [-0.39, 0.29) is 12.0 Å². The van der Waals surface area contributed by atoms with Crippen molar-refractivity contribution in [2.75, 3.05) is 19.8 Å². The first-order chi connectivity index (χ1) is 9.86. The maximum absolute atomic E-state index is 12.8. The van der Waals surface area contributed by atoms with Crippen LogP contribution in [0.4, 0.5) is 0 Å². The summed E-state index contributed by atoms with van der Waals surface area (Å²) in [5, 5.41) is 0. The highest BCUT2D eigenvalue weighted by Gasteiger charge is 2.33. The number of rotatable bonds is 2. The van der Waals surface area contributed by atoms with E-state index in [0.717, 1.165) is 19.4 Å². The minimum absolute atomic E-state index is 0.0966. The number of hydrogen-bond donors (Lipinski definition) is 0. The Morgan fingerprint density at radius 1 is 1.10 bits per heavy atom. The lowest BCUT2D eigenvalue weighted by Gasteiger charge is -2.38. The van der Waals surface area contributed by atoms with Gasteiger partial charge in [-0.2, -0.15) is 0 Å². The molecule has 0 N–H and O–H groups in total. The molecule has 0 radical (unpaired) electrons. The van der Waals surface area contributed by atoms with E-state index < -0.39 is 0 Å². The van der Waals surface area contributed by atoms with E-state index in [1.165, 1.54) is 24.8 Å². The zero-order valence-electron chi connectivity index (χ0n) is 12.0. The van der Waals surface area contributed by atoms with Crippen molar-refractivity contribution in [1.29, 1.82) is 0 Å². The molecule has 1 heterocycles. The smallest absolute Gasteiger partial charge is 0.226 e. The summed E-state index contributed by atoms with van der Waals surface area (Å²) in [6.07, 6.45) is 5.83. The van der Waals surface area contributed by atoms with Crippen molar-refractivity contribution >= 4 is 5.91 Å². The molecule has 108 valence electrons. The van der Waals surface area contributed by atoms with E-state index in [0.29, 0.717) is 19.1 Å². The summed E-state index contributed by atoms with van der Waals surface area (Å²) < 4.78 is 5.61. The second-order valence-corrected chi connectivity index (χ2v) is 5.87. The van der Waals surface area contributed by atoms with Gasteiger partial charge in [0.2, 0.25) is 5.91 Å². The molecule has 1 atom stereocenters. The van der Waals surface area contributed by atoms with Gasteiger partial charge in [0.15, 0.2) is 0 Å². The molecule has 1 aromatic rings. The highest BCUT2D eigenvalue weighted by molar-refractivity contribution is 5.79. The minimum atomic E-state index is 0.0966. The molecule has 3 heteroatoms. The molecular formula is C17H23NO2. The number of ether oxygens (including phenoxy) is 1. The highest BCUT2D eigenvalue weighted by Crippen LogP contribution is 2.30. The molecule has 2 aliphatic rings. The number of carbonyl (C=O) groups is 1. The Hall–Kier alpha value is -1.35. The number of benzene rings is 1.